The fourth-order valence-electron chi connectivity index (χ4n) is 2.92. The number of urea groups is 1. The first-order valence-corrected chi connectivity index (χ1v) is 9.69. The van der Waals surface area contributed by atoms with Gasteiger partial charge in [0.25, 0.3) is 5.91 Å². The maximum Gasteiger partial charge on any atom is 0.319 e. The molecule has 0 radical (unpaired) electrons. The summed E-state index contributed by atoms with van der Waals surface area (Å²) < 4.78 is 4.93. The number of hydrogen-bond donors (Lipinski definition) is 4. The monoisotopic (exact) mass is 408 g/mol. The second kappa shape index (κ2) is 10.7. The summed E-state index contributed by atoms with van der Waals surface area (Å²) in [6.45, 7) is 0.210. The highest BCUT2D eigenvalue weighted by Crippen LogP contribution is 2.17. The van der Waals surface area contributed by atoms with Crippen LogP contribution in [0, 0.1) is 0 Å². The molecule has 4 N–H and O–H groups in total. The van der Waals surface area contributed by atoms with Crippen molar-refractivity contribution in [3.63, 3.8) is 0 Å². The lowest BCUT2D eigenvalue weighted by Crippen LogP contribution is -2.32. The van der Waals surface area contributed by atoms with Gasteiger partial charge in [0.05, 0.1) is 6.42 Å². The van der Waals surface area contributed by atoms with Crippen LogP contribution in [0.15, 0.2) is 60.8 Å². The molecule has 0 fully saturated rings. The van der Waals surface area contributed by atoms with E-state index in [4.69, 9.17) is 4.74 Å². The number of ether oxygens (including phenoxy) is 1. The number of rotatable bonds is 9. The molecule has 0 spiro atoms. The van der Waals surface area contributed by atoms with Gasteiger partial charge in [-0.25, -0.2) is 4.79 Å². The number of amides is 3. The first-order chi connectivity index (χ1) is 14.6. The lowest BCUT2D eigenvalue weighted by molar-refractivity contribution is -0.148. The molecular formula is C22H24N4O4. The minimum Gasteiger partial charge on any atom is -0.456 e. The van der Waals surface area contributed by atoms with Crippen molar-refractivity contribution < 1.29 is 19.1 Å². The van der Waals surface area contributed by atoms with E-state index in [2.05, 4.69) is 20.9 Å². The average molecular weight is 408 g/mol. The molecule has 2 aromatic carbocycles. The maximum absolute atomic E-state index is 11.8. The second-order valence-corrected chi connectivity index (χ2v) is 6.62. The summed E-state index contributed by atoms with van der Waals surface area (Å²) >= 11 is 0. The molecule has 3 rings (SSSR count). The Kier molecular flexibility index (Phi) is 7.43. The first-order valence-electron chi connectivity index (χ1n) is 9.69. The summed E-state index contributed by atoms with van der Waals surface area (Å²) in [4.78, 5) is 38.5. The highest BCUT2D eigenvalue weighted by Gasteiger charge is 2.09. The van der Waals surface area contributed by atoms with Crippen LogP contribution in [-0.2, 0) is 20.7 Å². The van der Waals surface area contributed by atoms with E-state index in [1.54, 1.807) is 24.3 Å². The fourth-order valence-corrected chi connectivity index (χ4v) is 2.92. The average Bonchev–Trinajstić information content (AvgIpc) is 3.16. The number of para-hydroxylation sites is 2. The maximum atomic E-state index is 11.8. The van der Waals surface area contributed by atoms with Gasteiger partial charge in [-0.15, -0.1) is 0 Å². The number of hydrogen-bond acceptors (Lipinski definition) is 4. The van der Waals surface area contributed by atoms with E-state index in [9.17, 15) is 14.4 Å². The molecule has 8 heteroatoms. The van der Waals surface area contributed by atoms with Crippen LogP contribution in [0.5, 0.6) is 0 Å². The Labute approximate surface area is 174 Å². The second-order valence-electron chi connectivity index (χ2n) is 6.62. The van der Waals surface area contributed by atoms with Crippen molar-refractivity contribution in [1.29, 1.82) is 0 Å². The Hall–Kier alpha value is -3.81. The molecule has 0 aliphatic heterocycles. The topological polar surface area (TPSA) is 112 Å². The molecule has 0 bridgehead atoms. The fraction of sp³-hybridized carbons (Fsp3) is 0.227. The Morgan fingerprint density at radius 2 is 1.67 bits per heavy atom. The number of benzene rings is 2. The summed E-state index contributed by atoms with van der Waals surface area (Å²) in [6.07, 6.45) is 2.58. The number of esters is 1. The zero-order valence-corrected chi connectivity index (χ0v) is 16.4. The zero-order chi connectivity index (χ0) is 21.2. The molecule has 1 aromatic heterocycles. The van der Waals surface area contributed by atoms with Crippen molar-refractivity contribution in [2.24, 2.45) is 0 Å². The molecule has 156 valence electrons. The molecule has 0 aliphatic rings. The predicted molar refractivity (Wildman–Crippen MR) is 114 cm³/mol. The largest absolute Gasteiger partial charge is 0.456 e. The van der Waals surface area contributed by atoms with E-state index in [1.807, 2.05) is 36.5 Å². The number of carbonyl (C=O) groups excluding carboxylic acids is 3. The third-order valence-electron chi connectivity index (χ3n) is 4.40. The van der Waals surface area contributed by atoms with Gasteiger partial charge in [-0.2, -0.15) is 0 Å². The molecule has 8 nitrogen and oxygen atoms in total. The normalized spacial score (nSPS) is 10.4. The van der Waals surface area contributed by atoms with Gasteiger partial charge >= 0.3 is 12.0 Å². The van der Waals surface area contributed by atoms with E-state index < -0.39 is 12.0 Å². The predicted octanol–water partition coefficient (Wildman–Crippen LogP) is 2.58. The van der Waals surface area contributed by atoms with Crippen molar-refractivity contribution >= 4 is 34.5 Å². The van der Waals surface area contributed by atoms with Crippen molar-refractivity contribution in [2.75, 3.05) is 25.0 Å². The van der Waals surface area contributed by atoms with Crippen LogP contribution in [-0.4, -0.2) is 42.6 Å². The Balaban J connectivity index is 1.27. The third-order valence-corrected chi connectivity index (χ3v) is 4.40. The minimum absolute atomic E-state index is 0.0230. The minimum atomic E-state index is -0.554. The number of fused-ring (bicyclic) bond motifs is 1. The molecule has 0 atom stereocenters. The molecule has 3 amide bonds. The molecule has 30 heavy (non-hydrogen) atoms. The standard InChI is InChI=1S/C22H24N4O4/c27-20(23-12-10-16-14-25-19-9-5-4-8-18(16)19)15-30-21(28)11-13-24-22(29)26-17-6-2-1-3-7-17/h1-9,14,25H,10-13,15H2,(H,23,27)(H2,24,26,29). The summed E-state index contributed by atoms with van der Waals surface area (Å²) in [7, 11) is 0. The highest BCUT2D eigenvalue weighted by atomic mass is 16.5. The molecule has 1 heterocycles. The van der Waals surface area contributed by atoms with Crippen molar-refractivity contribution in [1.82, 2.24) is 15.6 Å². The van der Waals surface area contributed by atoms with Gasteiger partial charge in [0, 0.05) is 35.9 Å². The Morgan fingerprint density at radius 1 is 0.900 bits per heavy atom. The quantitative estimate of drug-likeness (QED) is 0.408. The third kappa shape index (κ3) is 6.37. The summed E-state index contributed by atoms with van der Waals surface area (Å²) in [5.41, 5.74) is 2.82. The Morgan fingerprint density at radius 3 is 2.50 bits per heavy atom. The number of aromatic nitrogens is 1. The summed E-state index contributed by atoms with van der Waals surface area (Å²) in [5, 5.41) is 9.06. The molecule has 3 aromatic rings. The van der Waals surface area contributed by atoms with Crippen molar-refractivity contribution in [3.05, 3.63) is 66.4 Å². The van der Waals surface area contributed by atoms with Gasteiger partial charge in [0.15, 0.2) is 6.61 Å². The van der Waals surface area contributed by atoms with Crippen LogP contribution in [0.4, 0.5) is 10.5 Å². The van der Waals surface area contributed by atoms with E-state index in [1.165, 1.54) is 0 Å². The number of carbonyl (C=O) groups is 3. The molecule has 0 unspecified atom stereocenters. The van der Waals surface area contributed by atoms with E-state index >= 15 is 0 Å². The van der Waals surface area contributed by atoms with Crippen LogP contribution in [0.3, 0.4) is 0 Å². The first kappa shape index (κ1) is 20.9. The van der Waals surface area contributed by atoms with Crippen LogP contribution in [0.25, 0.3) is 10.9 Å². The smallest absolute Gasteiger partial charge is 0.319 e. The van der Waals surface area contributed by atoms with Gasteiger partial charge in [0.2, 0.25) is 0 Å². The molecule has 0 saturated carbocycles. The number of anilines is 1. The number of aromatic amines is 1. The van der Waals surface area contributed by atoms with Gasteiger partial charge in [-0.05, 0) is 30.2 Å². The van der Waals surface area contributed by atoms with Gasteiger partial charge in [-0.3, -0.25) is 9.59 Å². The van der Waals surface area contributed by atoms with Crippen LogP contribution in [0.2, 0.25) is 0 Å². The van der Waals surface area contributed by atoms with E-state index in [0.29, 0.717) is 18.7 Å². The molecule has 0 aliphatic carbocycles. The lowest BCUT2D eigenvalue weighted by Gasteiger charge is -2.08. The van der Waals surface area contributed by atoms with Crippen LogP contribution in [0.1, 0.15) is 12.0 Å². The lowest BCUT2D eigenvalue weighted by atomic mass is 10.1. The van der Waals surface area contributed by atoms with Crippen molar-refractivity contribution in [3.8, 4) is 0 Å². The van der Waals surface area contributed by atoms with Gasteiger partial charge < -0.3 is 25.7 Å². The molecular weight excluding hydrogens is 384 g/mol. The Bertz CT molecular complexity index is 1000. The summed E-state index contributed by atoms with van der Waals surface area (Å²) in [6, 6.07) is 16.5. The van der Waals surface area contributed by atoms with Gasteiger partial charge in [0.1, 0.15) is 0 Å². The van der Waals surface area contributed by atoms with E-state index in [0.717, 1.165) is 16.5 Å². The molecule has 0 saturated heterocycles. The van der Waals surface area contributed by atoms with Crippen LogP contribution < -0.4 is 16.0 Å². The van der Waals surface area contributed by atoms with Gasteiger partial charge in [-0.1, -0.05) is 36.4 Å². The SMILES string of the molecule is O=C(COC(=O)CCNC(=O)Nc1ccccc1)NCCc1c[nH]c2ccccc12. The van der Waals surface area contributed by atoms with E-state index in [-0.39, 0.29) is 25.5 Å². The zero-order valence-electron chi connectivity index (χ0n) is 16.4. The summed E-state index contributed by atoms with van der Waals surface area (Å²) in [5.74, 6) is -0.917. The van der Waals surface area contributed by atoms with Crippen molar-refractivity contribution in [2.45, 2.75) is 12.8 Å². The number of H-pyrrole nitrogens is 1. The van der Waals surface area contributed by atoms with Crippen LogP contribution >= 0.6 is 0 Å². The number of nitrogens with one attached hydrogen (secondary N) is 4. The highest BCUT2D eigenvalue weighted by molar-refractivity contribution is 5.89.